The topological polar surface area (TPSA) is 60.0 Å². The average molecular weight is 453 g/mol. The van der Waals surface area contributed by atoms with Gasteiger partial charge in [-0.15, -0.1) is 24.0 Å². The fraction of sp³-hybridized carbons (Fsp3) is 0.882. The maximum atomic E-state index is 12.5. The van der Waals surface area contributed by atoms with Crippen molar-refractivity contribution in [1.29, 1.82) is 0 Å². The minimum atomic E-state index is -0.204. The summed E-state index contributed by atoms with van der Waals surface area (Å²) in [6.45, 7) is 17.6. The van der Waals surface area contributed by atoms with E-state index in [1.165, 1.54) is 0 Å². The van der Waals surface area contributed by atoms with E-state index in [0.29, 0.717) is 6.54 Å². The number of hydrogen-bond donors (Lipinski definition) is 2. The van der Waals surface area contributed by atoms with Gasteiger partial charge in [0.05, 0.1) is 12.1 Å². The molecule has 1 aliphatic rings. The summed E-state index contributed by atoms with van der Waals surface area (Å²) in [4.78, 5) is 20.9. The van der Waals surface area contributed by atoms with Gasteiger partial charge in [0.25, 0.3) is 0 Å². The number of rotatable bonds is 4. The Bertz CT molecular complexity index is 443. The number of halogens is 1. The van der Waals surface area contributed by atoms with E-state index in [2.05, 4.69) is 69.0 Å². The molecule has 0 atom stereocenters. The molecule has 0 aromatic heterocycles. The van der Waals surface area contributed by atoms with Gasteiger partial charge < -0.3 is 20.4 Å². The first-order valence-corrected chi connectivity index (χ1v) is 8.51. The Morgan fingerprint density at radius 3 is 2.29 bits per heavy atom. The van der Waals surface area contributed by atoms with E-state index < -0.39 is 0 Å². The molecule has 1 rings (SSSR count). The van der Waals surface area contributed by atoms with E-state index in [-0.39, 0.29) is 47.0 Å². The molecule has 0 spiro atoms. The van der Waals surface area contributed by atoms with Gasteiger partial charge in [-0.2, -0.15) is 0 Å². The Morgan fingerprint density at radius 1 is 1.29 bits per heavy atom. The number of nitrogens with one attached hydrogen (secondary N) is 2. The fourth-order valence-corrected chi connectivity index (χ4v) is 3.26. The monoisotopic (exact) mass is 453 g/mol. The summed E-state index contributed by atoms with van der Waals surface area (Å²) >= 11 is 0. The van der Waals surface area contributed by atoms with Crippen LogP contribution in [0, 0.1) is 0 Å². The van der Waals surface area contributed by atoms with Gasteiger partial charge in [-0.05, 0) is 48.5 Å². The largest absolute Gasteiger partial charge is 0.355 e. The average Bonchev–Trinajstić information content (AvgIpc) is 2.34. The summed E-state index contributed by atoms with van der Waals surface area (Å²) in [5.74, 6) is 0.956. The van der Waals surface area contributed by atoms with E-state index in [1.54, 1.807) is 7.05 Å². The molecule has 2 N–H and O–H groups in total. The van der Waals surface area contributed by atoms with Crippen LogP contribution >= 0.6 is 24.0 Å². The highest BCUT2D eigenvalue weighted by Crippen LogP contribution is 2.24. The summed E-state index contributed by atoms with van der Waals surface area (Å²) in [7, 11) is 1.77. The van der Waals surface area contributed by atoms with Gasteiger partial charge in [0, 0.05) is 38.3 Å². The number of guanidine groups is 1. The van der Waals surface area contributed by atoms with Crippen molar-refractivity contribution in [2.75, 3.05) is 33.2 Å². The minimum absolute atomic E-state index is 0. The Hall–Kier alpha value is -0.570. The molecule has 0 saturated carbocycles. The Labute approximate surface area is 164 Å². The van der Waals surface area contributed by atoms with Gasteiger partial charge in [-0.25, -0.2) is 0 Å². The van der Waals surface area contributed by atoms with E-state index in [1.807, 2.05) is 4.90 Å². The van der Waals surface area contributed by atoms with E-state index in [4.69, 9.17) is 0 Å². The third-order valence-corrected chi connectivity index (χ3v) is 3.92. The molecule has 0 unspecified atom stereocenters. The standard InChI is InChI=1S/C17H35N5O.HI/c1-13(2)22-14(23)11-21(12-17(22,6)7)15(18-8)19-9-10-20-16(3,4)5;/h13,20H,9-12H2,1-8H3,(H,18,19);1H. The lowest BCUT2D eigenvalue weighted by atomic mass is 9.96. The van der Waals surface area contributed by atoms with Crippen LogP contribution in [0.3, 0.4) is 0 Å². The molecule has 1 fully saturated rings. The fourth-order valence-electron chi connectivity index (χ4n) is 3.26. The van der Waals surface area contributed by atoms with Gasteiger partial charge >= 0.3 is 0 Å². The molecule has 1 amide bonds. The van der Waals surface area contributed by atoms with Gasteiger partial charge in [0.1, 0.15) is 0 Å². The number of piperazine rings is 1. The molecular formula is C17H36IN5O. The van der Waals surface area contributed by atoms with Gasteiger partial charge in [0.2, 0.25) is 5.91 Å². The Kier molecular flexibility index (Phi) is 9.00. The van der Waals surface area contributed by atoms with Crippen molar-refractivity contribution >= 4 is 35.8 Å². The maximum absolute atomic E-state index is 12.5. The first-order chi connectivity index (χ1) is 10.5. The third kappa shape index (κ3) is 6.74. The van der Waals surface area contributed by atoms with Crippen molar-refractivity contribution in [3.63, 3.8) is 0 Å². The van der Waals surface area contributed by atoms with Gasteiger partial charge in [0.15, 0.2) is 5.96 Å². The van der Waals surface area contributed by atoms with Crippen LogP contribution in [0.5, 0.6) is 0 Å². The molecule has 6 nitrogen and oxygen atoms in total. The van der Waals surface area contributed by atoms with Crippen LogP contribution in [0.2, 0.25) is 0 Å². The highest BCUT2D eigenvalue weighted by Gasteiger charge is 2.40. The van der Waals surface area contributed by atoms with Crippen LogP contribution in [0.15, 0.2) is 4.99 Å². The van der Waals surface area contributed by atoms with Crippen molar-refractivity contribution < 1.29 is 4.79 Å². The molecule has 24 heavy (non-hydrogen) atoms. The highest BCUT2D eigenvalue weighted by atomic mass is 127. The van der Waals surface area contributed by atoms with Crippen molar-refractivity contribution in [3.05, 3.63) is 0 Å². The van der Waals surface area contributed by atoms with Crippen LogP contribution in [0.25, 0.3) is 0 Å². The van der Waals surface area contributed by atoms with Crippen molar-refractivity contribution in [2.24, 2.45) is 4.99 Å². The van der Waals surface area contributed by atoms with Crippen molar-refractivity contribution in [2.45, 2.75) is 65.6 Å². The number of nitrogens with zero attached hydrogens (tertiary/aromatic N) is 3. The second kappa shape index (κ2) is 9.22. The lowest BCUT2D eigenvalue weighted by Crippen LogP contribution is -2.66. The molecule has 0 aliphatic carbocycles. The van der Waals surface area contributed by atoms with E-state index >= 15 is 0 Å². The molecule has 0 aromatic rings. The zero-order valence-corrected chi connectivity index (χ0v) is 18.9. The summed E-state index contributed by atoms with van der Waals surface area (Å²) < 4.78 is 0. The third-order valence-electron chi connectivity index (χ3n) is 3.92. The second-order valence-electron chi connectivity index (χ2n) is 8.18. The predicted molar refractivity (Wildman–Crippen MR) is 112 cm³/mol. The zero-order chi connectivity index (χ0) is 17.8. The molecular weight excluding hydrogens is 417 g/mol. The molecule has 1 saturated heterocycles. The number of hydrogen-bond acceptors (Lipinski definition) is 3. The first kappa shape index (κ1) is 23.4. The van der Waals surface area contributed by atoms with Crippen LogP contribution in [-0.2, 0) is 4.79 Å². The van der Waals surface area contributed by atoms with E-state index in [0.717, 1.165) is 25.6 Å². The minimum Gasteiger partial charge on any atom is -0.355 e. The van der Waals surface area contributed by atoms with Gasteiger partial charge in [-0.1, -0.05) is 0 Å². The molecule has 142 valence electrons. The quantitative estimate of drug-likeness (QED) is 0.296. The number of carbonyl (C=O) groups is 1. The molecule has 0 radical (unpaired) electrons. The first-order valence-electron chi connectivity index (χ1n) is 8.51. The van der Waals surface area contributed by atoms with E-state index in [9.17, 15) is 4.79 Å². The number of amides is 1. The number of carbonyl (C=O) groups excluding carboxylic acids is 1. The molecule has 1 aliphatic heterocycles. The molecule has 0 bridgehead atoms. The Balaban J connectivity index is 0.00000529. The normalized spacial score (nSPS) is 18.7. The summed E-state index contributed by atoms with van der Waals surface area (Å²) in [5.41, 5.74) is -0.100. The number of aliphatic imine (C=N–C) groups is 1. The SMILES string of the molecule is CN=C(NCCNC(C)(C)C)N1CC(=O)N(C(C)C)C(C)(C)C1.I. The van der Waals surface area contributed by atoms with Crippen LogP contribution in [0.4, 0.5) is 0 Å². The highest BCUT2D eigenvalue weighted by molar-refractivity contribution is 14.0. The van der Waals surface area contributed by atoms with Crippen LogP contribution < -0.4 is 10.6 Å². The van der Waals surface area contributed by atoms with Crippen LogP contribution in [0.1, 0.15) is 48.5 Å². The summed E-state index contributed by atoms with van der Waals surface area (Å²) in [5, 5.41) is 6.80. The summed E-state index contributed by atoms with van der Waals surface area (Å²) in [6.07, 6.45) is 0. The lowest BCUT2D eigenvalue weighted by Gasteiger charge is -2.49. The zero-order valence-electron chi connectivity index (χ0n) is 16.6. The van der Waals surface area contributed by atoms with Gasteiger partial charge in [-0.3, -0.25) is 9.79 Å². The smallest absolute Gasteiger partial charge is 0.242 e. The van der Waals surface area contributed by atoms with Crippen LogP contribution in [-0.4, -0.2) is 72.0 Å². The summed E-state index contributed by atoms with van der Waals surface area (Å²) in [6, 6.07) is 0.214. The maximum Gasteiger partial charge on any atom is 0.242 e. The second-order valence-corrected chi connectivity index (χ2v) is 8.18. The van der Waals surface area contributed by atoms with Crippen molar-refractivity contribution in [1.82, 2.24) is 20.4 Å². The molecule has 1 heterocycles. The molecule has 0 aromatic carbocycles. The lowest BCUT2D eigenvalue weighted by molar-refractivity contribution is -0.145. The van der Waals surface area contributed by atoms with Crippen molar-refractivity contribution in [3.8, 4) is 0 Å². The predicted octanol–water partition coefficient (Wildman–Crippen LogP) is 1.90. The Morgan fingerprint density at radius 2 is 1.88 bits per heavy atom. The molecule has 7 heteroatoms.